The summed E-state index contributed by atoms with van der Waals surface area (Å²) in [6.07, 6.45) is 3.80. The lowest BCUT2D eigenvalue weighted by molar-refractivity contribution is 0.713. The minimum absolute atomic E-state index is 0.935. The summed E-state index contributed by atoms with van der Waals surface area (Å²) in [4.78, 5) is 2.54. The third-order valence-corrected chi connectivity index (χ3v) is 4.20. The molecule has 1 N–H and O–H groups in total. The van der Waals surface area contributed by atoms with E-state index in [1.807, 2.05) is 7.05 Å². The third kappa shape index (κ3) is 3.45. The molecular formula is C19H24N2. The second-order valence-corrected chi connectivity index (χ2v) is 5.86. The molecule has 1 aliphatic heterocycles. The molecule has 2 aromatic carbocycles. The Kier molecular flexibility index (Phi) is 4.56. The summed E-state index contributed by atoms with van der Waals surface area (Å²) in [7, 11) is 2.00. The van der Waals surface area contributed by atoms with E-state index in [-0.39, 0.29) is 0 Å². The van der Waals surface area contributed by atoms with Gasteiger partial charge in [-0.2, -0.15) is 0 Å². The second-order valence-electron chi connectivity index (χ2n) is 5.86. The van der Waals surface area contributed by atoms with E-state index < -0.39 is 0 Å². The van der Waals surface area contributed by atoms with Crippen molar-refractivity contribution in [3.05, 3.63) is 65.2 Å². The van der Waals surface area contributed by atoms with Crippen LogP contribution in [-0.4, -0.2) is 13.6 Å². The summed E-state index contributed by atoms with van der Waals surface area (Å²) >= 11 is 0. The van der Waals surface area contributed by atoms with Gasteiger partial charge in [0, 0.05) is 25.3 Å². The average molecular weight is 280 g/mol. The number of benzene rings is 2. The number of aryl methyl sites for hydroxylation is 1. The van der Waals surface area contributed by atoms with Gasteiger partial charge in [0.1, 0.15) is 0 Å². The van der Waals surface area contributed by atoms with Crippen molar-refractivity contribution >= 4 is 5.69 Å². The molecule has 0 fully saturated rings. The fourth-order valence-corrected chi connectivity index (χ4v) is 3.20. The van der Waals surface area contributed by atoms with Gasteiger partial charge in [0.25, 0.3) is 0 Å². The normalized spacial score (nSPS) is 14.6. The van der Waals surface area contributed by atoms with Crippen LogP contribution in [0.1, 0.15) is 29.5 Å². The summed E-state index contributed by atoms with van der Waals surface area (Å²) in [5, 5.41) is 3.23. The van der Waals surface area contributed by atoms with Crippen molar-refractivity contribution in [3.8, 4) is 0 Å². The van der Waals surface area contributed by atoms with E-state index in [2.05, 4.69) is 58.7 Å². The topological polar surface area (TPSA) is 15.3 Å². The maximum atomic E-state index is 3.23. The van der Waals surface area contributed by atoms with Crippen molar-refractivity contribution in [2.24, 2.45) is 0 Å². The van der Waals surface area contributed by atoms with Crippen molar-refractivity contribution in [3.63, 3.8) is 0 Å². The molecule has 0 atom stereocenters. The Hall–Kier alpha value is -1.80. The van der Waals surface area contributed by atoms with Gasteiger partial charge in [-0.25, -0.2) is 0 Å². The molecule has 0 amide bonds. The zero-order chi connectivity index (χ0) is 14.5. The lowest BCUT2D eigenvalue weighted by atomic mass is 10.1. The SMILES string of the molecule is CNCc1cccc(CN2CCCCc3ccccc32)c1. The van der Waals surface area contributed by atoms with E-state index >= 15 is 0 Å². The molecule has 0 saturated heterocycles. The van der Waals surface area contributed by atoms with Gasteiger partial charge in [-0.05, 0) is 49.1 Å². The number of hydrogen-bond donors (Lipinski definition) is 1. The van der Waals surface area contributed by atoms with E-state index in [1.165, 1.54) is 41.6 Å². The third-order valence-electron chi connectivity index (χ3n) is 4.20. The Bertz CT molecular complexity index is 592. The molecule has 0 aliphatic carbocycles. The average Bonchev–Trinajstić information content (AvgIpc) is 2.71. The standard InChI is InChI=1S/C19H24N2/c1-20-14-16-7-6-8-17(13-16)15-21-12-5-4-10-18-9-2-3-11-19(18)21/h2-3,6-9,11,13,20H,4-5,10,12,14-15H2,1H3. The van der Waals surface area contributed by atoms with Gasteiger partial charge in [0.15, 0.2) is 0 Å². The molecular weight excluding hydrogens is 256 g/mol. The number of hydrogen-bond acceptors (Lipinski definition) is 2. The molecule has 0 aromatic heterocycles. The largest absolute Gasteiger partial charge is 0.367 e. The molecule has 0 bridgehead atoms. The minimum atomic E-state index is 0.935. The van der Waals surface area contributed by atoms with Crippen molar-refractivity contribution in [2.75, 3.05) is 18.5 Å². The zero-order valence-electron chi connectivity index (χ0n) is 12.8. The first-order chi connectivity index (χ1) is 10.4. The van der Waals surface area contributed by atoms with E-state index in [0.29, 0.717) is 0 Å². The Morgan fingerprint density at radius 2 is 1.86 bits per heavy atom. The summed E-state index contributed by atoms with van der Waals surface area (Å²) in [5.74, 6) is 0. The van der Waals surface area contributed by atoms with Crippen LogP contribution in [0.4, 0.5) is 5.69 Å². The van der Waals surface area contributed by atoms with E-state index in [4.69, 9.17) is 0 Å². The van der Waals surface area contributed by atoms with Gasteiger partial charge >= 0.3 is 0 Å². The van der Waals surface area contributed by atoms with Crippen LogP contribution in [0.3, 0.4) is 0 Å². The molecule has 21 heavy (non-hydrogen) atoms. The summed E-state index contributed by atoms with van der Waals surface area (Å²) in [6.45, 7) is 3.10. The molecule has 110 valence electrons. The molecule has 2 heteroatoms. The van der Waals surface area contributed by atoms with Gasteiger partial charge < -0.3 is 10.2 Å². The minimum Gasteiger partial charge on any atom is -0.367 e. The Labute approximate surface area is 127 Å². The fourth-order valence-electron chi connectivity index (χ4n) is 3.20. The van der Waals surface area contributed by atoms with Crippen molar-refractivity contribution in [1.29, 1.82) is 0 Å². The molecule has 0 spiro atoms. The molecule has 0 saturated carbocycles. The number of fused-ring (bicyclic) bond motifs is 1. The van der Waals surface area contributed by atoms with Gasteiger partial charge in [-0.15, -0.1) is 0 Å². The monoisotopic (exact) mass is 280 g/mol. The maximum absolute atomic E-state index is 3.23. The Morgan fingerprint density at radius 1 is 1.00 bits per heavy atom. The van der Waals surface area contributed by atoms with Crippen LogP contribution in [0.25, 0.3) is 0 Å². The highest BCUT2D eigenvalue weighted by atomic mass is 15.1. The predicted molar refractivity (Wildman–Crippen MR) is 89.6 cm³/mol. The van der Waals surface area contributed by atoms with E-state index in [0.717, 1.165) is 19.6 Å². The van der Waals surface area contributed by atoms with Crippen LogP contribution < -0.4 is 10.2 Å². The number of anilines is 1. The molecule has 1 aliphatic rings. The van der Waals surface area contributed by atoms with E-state index in [9.17, 15) is 0 Å². The lowest BCUT2D eigenvalue weighted by Crippen LogP contribution is -2.23. The first-order valence-corrected chi connectivity index (χ1v) is 7.92. The van der Waals surface area contributed by atoms with Gasteiger partial charge in [-0.3, -0.25) is 0 Å². The van der Waals surface area contributed by atoms with Crippen LogP contribution in [0.15, 0.2) is 48.5 Å². The van der Waals surface area contributed by atoms with Gasteiger partial charge in [0.05, 0.1) is 0 Å². The van der Waals surface area contributed by atoms with Crippen molar-refractivity contribution in [1.82, 2.24) is 5.32 Å². The highest BCUT2D eigenvalue weighted by Gasteiger charge is 2.14. The molecule has 2 nitrogen and oxygen atoms in total. The quantitative estimate of drug-likeness (QED) is 0.917. The molecule has 0 radical (unpaired) electrons. The van der Waals surface area contributed by atoms with Crippen LogP contribution in [0.5, 0.6) is 0 Å². The highest BCUT2D eigenvalue weighted by Crippen LogP contribution is 2.27. The predicted octanol–water partition coefficient (Wildman–Crippen LogP) is 3.75. The number of nitrogens with one attached hydrogen (secondary N) is 1. The molecule has 3 rings (SSSR count). The smallest absolute Gasteiger partial charge is 0.0429 e. The van der Waals surface area contributed by atoms with Crippen LogP contribution in [-0.2, 0) is 19.5 Å². The van der Waals surface area contributed by atoms with Crippen molar-refractivity contribution in [2.45, 2.75) is 32.4 Å². The second kappa shape index (κ2) is 6.77. The first-order valence-electron chi connectivity index (χ1n) is 7.92. The Morgan fingerprint density at radius 3 is 2.76 bits per heavy atom. The number of rotatable bonds is 4. The maximum Gasteiger partial charge on any atom is 0.0429 e. The lowest BCUT2D eigenvalue weighted by Gasteiger charge is -2.25. The zero-order valence-corrected chi connectivity index (χ0v) is 12.8. The first kappa shape index (κ1) is 14.2. The summed E-state index contributed by atoms with van der Waals surface area (Å²) in [5.41, 5.74) is 5.69. The van der Waals surface area contributed by atoms with Crippen molar-refractivity contribution < 1.29 is 0 Å². The van der Waals surface area contributed by atoms with E-state index in [1.54, 1.807) is 0 Å². The highest BCUT2D eigenvalue weighted by molar-refractivity contribution is 5.54. The summed E-state index contributed by atoms with van der Waals surface area (Å²) in [6, 6.07) is 17.8. The molecule has 0 unspecified atom stereocenters. The molecule has 2 aromatic rings. The van der Waals surface area contributed by atoms with Crippen LogP contribution in [0.2, 0.25) is 0 Å². The number of nitrogens with zero attached hydrogens (tertiary/aromatic N) is 1. The molecule has 1 heterocycles. The Balaban J connectivity index is 1.82. The van der Waals surface area contributed by atoms with Crippen LogP contribution >= 0.6 is 0 Å². The fraction of sp³-hybridized carbons (Fsp3) is 0.368. The summed E-state index contributed by atoms with van der Waals surface area (Å²) < 4.78 is 0. The van der Waals surface area contributed by atoms with Gasteiger partial charge in [-0.1, -0.05) is 42.5 Å². The van der Waals surface area contributed by atoms with Crippen LogP contribution in [0, 0.1) is 0 Å². The number of para-hydroxylation sites is 1. The van der Waals surface area contributed by atoms with Gasteiger partial charge in [0.2, 0.25) is 0 Å².